The van der Waals surface area contributed by atoms with Gasteiger partial charge in [0.2, 0.25) is 0 Å². The first-order chi connectivity index (χ1) is 20.0. The van der Waals surface area contributed by atoms with E-state index < -0.39 is 81.5 Å². The average molecular weight is 434 g/mol. The number of fused-ring (bicyclic) bond motifs is 3. The second kappa shape index (κ2) is 9.56. The Morgan fingerprint density at radius 2 is 2.20 bits per heavy atom. The van der Waals surface area contributed by atoms with Crippen LogP contribution in [-0.4, -0.2) is 50.2 Å². The number of nitrogens with zero attached hydrogens (tertiary/aromatic N) is 1. The third kappa shape index (κ3) is 4.75. The second-order valence-electron chi connectivity index (χ2n) is 7.55. The minimum Gasteiger partial charge on any atom is -0.493 e. The summed E-state index contributed by atoms with van der Waals surface area (Å²) in [4.78, 5) is 14.0. The van der Waals surface area contributed by atoms with Crippen LogP contribution in [0.3, 0.4) is 0 Å². The molecule has 0 saturated carbocycles. The van der Waals surface area contributed by atoms with Gasteiger partial charge >= 0.3 is 5.97 Å². The van der Waals surface area contributed by atoms with Gasteiger partial charge in [-0.15, -0.1) is 0 Å². The molecule has 0 aliphatic carbocycles. The van der Waals surface area contributed by atoms with Crippen molar-refractivity contribution in [3.8, 4) is 11.5 Å². The summed E-state index contributed by atoms with van der Waals surface area (Å²) in [6.07, 6.45) is -11.3. The number of hydrogen-bond donors (Lipinski definition) is 1. The zero-order chi connectivity index (χ0) is 35.1. The molecule has 1 aromatic carbocycles. The number of ether oxygens (including phenoxy) is 3. The van der Waals surface area contributed by atoms with Crippen LogP contribution in [-0.2, 0) is 16.0 Å². The van der Waals surface area contributed by atoms with Crippen molar-refractivity contribution in [1.82, 2.24) is 4.90 Å². The summed E-state index contributed by atoms with van der Waals surface area (Å²) in [5.74, 6) is -9.89. The molecule has 2 aliphatic rings. The van der Waals surface area contributed by atoms with Gasteiger partial charge in [0.05, 0.1) is 19.6 Å². The maximum absolute atomic E-state index is 13.3. The maximum Gasteiger partial charge on any atom is 0.323 e. The van der Waals surface area contributed by atoms with Crippen LogP contribution in [0.4, 0.5) is 0 Å². The Bertz CT molecular complexity index is 1320. The molecule has 0 amide bonds. The topological polar surface area (TPSA) is 74.0 Å². The van der Waals surface area contributed by atoms with E-state index in [2.05, 4.69) is 0 Å². The number of benzene rings is 1. The molecule has 4 unspecified atom stereocenters. The van der Waals surface area contributed by atoms with Crippen LogP contribution >= 0.6 is 0 Å². The molecule has 168 valence electrons. The molecule has 1 fully saturated rings. The Morgan fingerprint density at radius 1 is 1.43 bits per heavy atom. The van der Waals surface area contributed by atoms with Gasteiger partial charge in [0, 0.05) is 46.4 Å². The predicted octanol–water partition coefficient (Wildman–Crippen LogP) is 3.56. The fourth-order valence-electron chi connectivity index (χ4n) is 3.33. The normalized spacial score (nSPS) is 43.8. The number of nitrogens with two attached hydrogens (primary N) is 1. The highest BCUT2D eigenvalue weighted by Crippen LogP contribution is 2.44. The highest BCUT2D eigenvalue weighted by molar-refractivity contribution is 5.76. The Balaban J connectivity index is 2.44. The fraction of sp³-hybridized carbons (Fsp3) is 0.708. The monoisotopic (exact) mass is 433 g/mol. The summed E-state index contributed by atoms with van der Waals surface area (Å²) in [6, 6.07) is -1.05. The Hall–Kier alpha value is -1.79. The van der Waals surface area contributed by atoms with Crippen LogP contribution in [0.25, 0.3) is 0 Å². The Kier molecular flexibility index (Phi) is 3.26. The zero-order valence-electron chi connectivity index (χ0n) is 32.5. The van der Waals surface area contributed by atoms with Crippen molar-refractivity contribution < 1.29 is 39.6 Å². The van der Waals surface area contributed by atoms with Crippen molar-refractivity contribution in [1.29, 1.82) is 0 Å². The maximum atomic E-state index is 13.3. The van der Waals surface area contributed by atoms with Crippen LogP contribution < -0.4 is 15.2 Å². The summed E-state index contributed by atoms with van der Waals surface area (Å²) in [5, 5.41) is 0. The third-order valence-electron chi connectivity index (χ3n) is 5.02. The average Bonchev–Trinajstić information content (AvgIpc) is 2.87. The number of carbonyl (C=O) groups is 1. The van der Waals surface area contributed by atoms with Gasteiger partial charge in [0.15, 0.2) is 11.5 Å². The molecule has 0 radical (unpaired) electrons. The third-order valence-corrected chi connectivity index (χ3v) is 5.02. The van der Waals surface area contributed by atoms with Crippen LogP contribution in [0, 0.1) is 17.7 Å². The van der Waals surface area contributed by atoms with Gasteiger partial charge in [-0.05, 0) is 47.9 Å². The van der Waals surface area contributed by atoms with Gasteiger partial charge in [0.1, 0.15) is 12.1 Å². The van der Waals surface area contributed by atoms with E-state index in [4.69, 9.17) is 32.3 Å². The summed E-state index contributed by atoms with van der Waals surface area (Å²) in [5.41, 5.74) is 6.08. The predicted molar refractivity (Wildman–Crippen MR) is 118 cm³/mol. The second-order valence-corrected chi connectivity index (χ2v) is 7.55. The largest absolute Gasteiger partial charge is 0.493 e. The highest BCUT2D eigenvalue weighted by Gasteiger charge is 2.41. The molecule has 2 aliphatic heterocycles. The molecular weight excluding hydrogens is 380 g/mol. The van der Waals surface area contributed by atoms with Crippen LogP contribution in [0.1, 0.15) is 78.1 Å². The molecule has 5 atom stereocenters. The first-order valence-electron chi connectivity index (χ1n) is 17.1. The van der Waals surface area contributed by atoms with Crippen molar-refractivity contribution in [3.05, 3.63) is 23.3 Å². The lowest BCUT2D eigenvalue weighted by Crippen LogP contribution is -2.51. The molecule has 2 N–H and O–H groups in total. The van der Waals surface area contributed by atoms with Gasteiger partial charge < -0.3 is 19.9 Å². The minimum absolute atomic E-state index is 0.0715. The van der Waals surface area contributed by atoms with Crippen molar-refractivity contribution in [2.75, 3.05) is 27.2 Å². The molecule has 1 aromatic rings. The van der Waals surface area contributed by atoms with Gasteiger partial charge in [-0.1, -0.05) is 27.6 Å². The van der Waals surface area contributed by atoms with Crippen molar-refractivity contribution >= 4 is 5.97 Å². The molecule has 0 bridgehead atoms. The van der Waals surface area contributed by atoms with Crippen molar-refractivity contribution in [3.63, 3.8) is 0 Å². The smallest absolute Gasteiger partial charge is 0.323 e. The first kappa shape index (κ1) is 10.2. The highest BCUT2D eigenvalue weighted by atomic mass is 16.5. The van der Waals surface area contributed by atoms with Gasteiger partial charge in [-0.2, -0.15) is 0 Å². The number of rotatable bonds is 7. The summed E-state index contributed by atoms with van der Waals surface area (Å²) in [7, 11) is -1.73. The lowest BCUT2D eigenvalue weighted by molar-refractivity contribution is -0.160. The fourth-order valence-corrected chi connectivity index (χ4v) is 3.33. The van der Waals surface area contributed by atoms with Crippen LogP contribution in [0.2, 0.25) is 0 Å². The van der Waals surface area contributed by atoms with E-state index >= 15 is 0 Å². The van der Waals surface area contributed by atoms with E-state index in [9.17, 15) is 13.0 Å². The number of methoxy groups -OCH3 is 2. The van der Waals surface area contributed by atoms with E-state index in [-0.39, 0.29) is 29.0 Å². The minimum atomic E-state index is -3.95. The molecule has 2 heterocycles. The molecular formula is C24H38N2O4. The summed E-state index contributed by atoms with van der Waals surface area (Å²) >= 11 is 0. The van der Waals surface area contributed by atoms with Gasteiger partial charge in [-0.25, -0.2) is 0 Å². The molecule has 6 heteroatoms. The standard InChI is InChI=1S/C24H38N2O4/c1-14(2)9-17-13-26-8-7-16-10-21(28-5)22(29-6)11-18(16)19(26)12-20(17)30-24(27)23(25)15(3)4/h10-11,14-15,17,19-20,23H,7-9,12-13,25H2,1-6H3/t17?,19?,20?,23-/m0/s1/i1D3,5D3,9D2,12D2,13D2,14D,17D,20D/t14?,17?,19?,20?,23-. The molecule has 3 rings (SSSR count). The van der Waals surface area contributed by atoms with Crippen LogP contribution in [0.15, 0.2) is 12.1 Å². The molecule has 30 heavy (non-hydrogen) atoms. The van der Waals surface area contributed by atoms with Gasteiger partial charge in [0.25, 0.3) is 0 Å². The number of piperidine rings is 1. The summed E-state index contributed by atoms with van der Waals surface area (Å²) in [6.45, 7) is -3.90. The van der Waals surface area contributed by atoms with E-state index in [1.54, 1.807) is 0 Å². The molecule has 0 spiro atoms. The van der Waals surface area contributed by atoms with E-state index in [1.165, 1.54) is 27.0 Å². The SMILES string of the molecule is [2H]C([2H])([2H])Oc1cc2c(cc1OC)C1N(CC2)C([2H])([2H])C([2H])(C([2H])([2H])C([2H])(C)C([2H])([2H])[2H])C([2H])(OC(=O)[C@@H](N)C(C)C)C1([2H])[2H]. The quantitative estimate of drug-likeness (QED) is 0.663. The Labute approximate surface area is 202 Å². The lowest BCUT2D eigenvalue weighted by Gasteiger charge is -2.47. The Morgan fingerprint density at radius 3 is 2.87 bits per heavy atom. The van der Waals surface area contributed by atoms with E-state index in [1.807, 2.05) is 0 Å². The van der Waals surface area contributed by atoms with E-state index in [0.29, 0.717) is 6.92 Å². The first-order valence-corrected chi connectivity index (χ1v) is 9.63. The van der Waals surface area contributed by atoms with Crippen LogP contribution in [0.5, 0.6) is 11.5 Å². The van der Waals surface area contributed by atoms with Crippen molar-refractivity contribution in [2.45, 2.75) is 65.0 Å². The molecule has 1 saturated heterocycles. The lowest BCUT2D eigenvalue weighted by atomic mass is 9.79. The number of esters is 1. The van der Waals surface area contributed by atoms with E-state index in [0.717, 1.165) is 11.0 Å². The number of carbonyl (C=O) groups excluding carboxylic acids is 1. The summed E-state index contributed by atoms with van der Waals surface area (Å²) < 4.78 is 144. The van der Waals surface area contributed by atoms with Crippen molar-refractivity contribution in [2.24, 2.45) is 23.4 Å². The molecule has 0 aromatic heterocycles. The zero-order valence-corrected chi connectivity index (χ0v) is 17.5. The van der Waals surface area contributed by atoms with Gasteiger partial charge in [-0.3, -0.25) is 9.69 Å². The molecule has 6 nitrogen and oxygen atoms in total. The number of hydrogen-bond acceptors (Lipinski definition) is 6.